The number of hydrogen-bond acceptors (Lipinski definition) is 5. The Morgan fingerprint density at radius 3 is 2.68 bits per heavy atom. The number of aryl methyl sites for hydroxylation is 1. The van der Waals surface area contributed by atoms with Gasteiger partial charge in [-0.3, -0.25) is 0 Å². The van der Waals surface area contributed by atoms with Gasteiger partial charge in [-0.05, 0) is 88.2 Å². The van der Waals surface area contributed by atoms with E-state index in [9.17, 15) is 10.2 Å². The number of allylic oxidation sites excluding steroid dienone is 2. The molecular formula is C29H37F2N3O3. The number of fused-ring (bicyclic) bond motifs is 2. The van der Waals surface area contributed by atoms with E-state index >= 15 is 8.78 Å². The monoisotopic (exact) mass is 513 g/mol. The Kier molecular flexibility index (Phi) is 4.71. The van der Waals surface area contributed by atoms with Gasteiger partial charge in [-0.1, -0.05) is 19.1 Å². The SMILES string of the molecule is Cc1nc2ccc(C3=CCC4C3(C)CCC3(F)CC5(F)C(O)C(O)C(N(C)C)CC56CCC43O6)cc2[nH]1. The highest BCUT2D eigenvalue weighted by atomic mass is 19.2. The fourth-order valence-electron chi connectivity index (χ4n) is 9.28. The summed E-state index contributed by atoms with van der Waals surface area (Å²) in [6.07, 6.45) is 1.29. The van der Waals surface area contributed by atoms with E-state index in [2.05, 4.69) is 35.1 Å². The van der Waals surface area contributed by atoms with Gasteiger partial charge in [-0.2, -0.15) is 0 Å². The number of aliphatic hydroxyl groups excluding tert-OH is 2. The van der Waals surface area contributed by atoms with Crippen molar-refractivity contribution in [1.29, 1.82) is 0 Å². The Morgan fingerprint density at radius 2 is 1.92 bits per heavy atom. The third-order valence-corrected chi connectivity index (χ3v) is 11.2. The Bertz CT molecular complexity index is 1330. The highest BCUT2D eigenvalue weighted by Crippen LogP contribution is 2.74. The molecule has 8 heteroatoms. The third kappa shape index (κ3) is 2.75. The number of H-pyrrole nitrogens is 1. The first kappa shape index (κ1) is 24.2. The van der Waals surface area contributed by atoms with E-state index in [1.807, 2.05) is 32.0 Å². The van der Waals surface area contributed by atoms with E-state index in [1.165, 1.54) is 5.57 Å². The Balaban J connectivity index is 1.29. The van der Waals surface area contributed by atoms with Crippen molar-refractivity contribution in [2.24, 2.45) is 11.3 Å². The van der Waals surface area contributed by atoms with Crippen LogP contribution in [0.5, 0.6) is 0 Å². The number of imidazole rings is 1. The number of alkyl halides is 2. The lowest BCUT2D eigenvalue weighted by Gasteiger charge is -2.65. The molecule has 2 spiro atoms. The Hall–Kier alpha value is -1.87. The molecule has 3 heterocycles. The minimum atomic E-state index is -2.32. The summed E-state index contributed by atoms with van der Waals surface area (Å²) in [6.45, 7) is 4.16. The van der Waals surface area contributed by atoms with Gasteiger partial charge in [0.15, 0.2) is 5.67 Å². The van der Waals surface area contributed by atoms with Crippen LogP contribution in [0.3, 0.4) is 0 Å². The molecule has 2 saturated heterocycles. The van der Waals surface area contributed by atoms with Gasteiger partial charge in [0, 0.05) is 18.4 Å². The van der Waals surface area contributed by atoms with Gasteiger partial charge in [0.25, 0.3) is 0 Å². The van der Waals surface area contributed by atoms with E-state index in [-0.39, 0.29) is 24.2 Å². The van der Waals surface area contributed by atoms with Gasteiger partial charge in [0.1, 0.15) is 28.8 Å². The number of likely N-dealkylation sites (N-methyl/N-ethyl adjacent to an activating group) is 1. The van der Waals surface area contributed by atoms with Crippen LogP contribution in [-0.4, -0.2) is 80.0 Å². The average Bonchev–Trinajstić information content (AvgIpc) is 3.50. The van der Waals surface area contributed by atoms with Crippen LogP contribution in [0, 0.1) is 18.3 Å². The first-order valence-electron chi connectivity index (χ1n) is 13.7. The topological polar surface area (TPSA) is 81.6 Å². The van der Waals surface area contributed by atoms with Crippen LogP contribution in [0.25, 0.3) is 16.6 Å². The molecule has 2 aliphatic heterocycles. The molecule has 1 aromatic carbocycles. The first-order chi connectivity index (χ1) is 17.4. The Morgan fingerprint density at radius 1 is 1.14 bits per heavy atom. The Labute approximate surface area is 216 Å². The zero-order valence-electron chi connectivity index (χ0n) is 22.0. The molecule has 2 saturated carbocycles. The lowest BCUT2D eigenvalue weighted by atomic mass is 9.51. The van der Waals surface area contributed by atoms with Crippen LogP contribution in [0.1, 0.15) is 63.3 Å². The summed E-state index contributed by atoms with van der Waals surface area (Å²) in [5, 5.41) is 21.9. The number of hydrogen-bond donors (Lipinski definition) is 3. The number of ether oxygens (including phenoxy) is 1. The van der Waals surface area contributed by atoms with Crippen molar-refractivity contribution in [1.82, 2.24) is 14.9 Å². The second-order valence-corrected chi connectivity index (χ2v) is 13.0. The molecule has 3 N–H and O–H groups in total. The van der Waals surface area contributed by atoms with Crippen molar-refractivity contribution in [3.05, 3.63) is 35.7 Å². The molecular weight excluding hydrogens is 476 g/mol. The van der Waals surface area contributed by atoms with Crippen molar-refractivity contribution >= 4 is 16.6 Å². The molecule has 9 unspecified atom stereocenters. The normalized spacial score (nSPS) is 48.6. The molecule has 2 aromatic rings. The fourth-order valence-corrected chi connectivity index (χ4v) is 9.28. The summed E-state index contributed by atoms with van der Waals surface area (Å²) in [5.74, 6) is 0.742. The number of aliphatic hydroxyl groups is 2. The van der Waals surface area contributed by atoms with Crippen molar-refractivity contribution < 1.29 is 23.7 Å². The number of nitrogens with zero attached hydrogens (tertiary/aromatic N) is 2. The lowest BCUT2D eigenvalue weighted by molar-refractivity contribution is -0.347. The number of halogens is 2. The predicted molar refractivity (Wildman–Crippen MR) is 136 cm³/mol. The van der Waals surface area contributed by atoms with Crippen LogP contribution < -0.4 is 0 Å². The van der Waals surface area contributed by atoms with Crippen LogP contribution in [0.4, 0.5) is 8.78 Å². The molecule has 3 aliphatic carbocycles. The standard InChI is InChI=1S/C29H37F2N3O3/c1-16-32-19-7-5-17(13-20(19)33-16)18-6-8-22-25(18,2)9-10-26(30)15-28(31)24(36)23(35)21(34(3)4)14-27(28)11-12-29(22,26)37-27/h5-7,13,21-24,35-36H,8-12,14-15H2,1-4H3,(H,32,33). The van der Waals surface area contributed by atoms with Crippen molar-refractivity contribution in [2.45, 2.75) is 99.6 Å². The largest absolute Gasteiger partial charge is 0.389 e. The number of aromatic amines is 1. The van der Waals surface area contributed by atoms with Crippen LogP contribution in [-0.2, 0) is 4.74 Å². The molecule has 6 nitrogen and oxygen atoms in total. The second kappa shape index (κ2) is 7.20. The number of benzene rings is 1. The zero-order chi connectivity index (χ0) is 26.2. The van der Waals surface area contributed by atoms with Crippen LogP contribution in [0.2, 0.25) is 0 Å². The number of nitrogens with one attached hydrogen (secondary N) is 1. The van der Waals surface area contributed by atoms with E-state index in [0.717, 1.165) is 22.4 Å². The molecule has 0 radical (unpaired) electrons. The van der Waals surface area contributed by atoms with Crippen LogP contribution >= 0.6 is 0 Å². The van der Waals surface area contributed by atoms with Gasteiger partial charge in [0.2, 0.25) is 0 Å². The zero-order valence-corrected chi connectivity index (χ0v) is 22.0. The van der Waals surface area contributed by atoms with E-state index in [4.69, 9.17) is 4.74 Å². The molecule has 2 bridgehead atoms. The molecule has 37 heavy (non-hydrogen) atoms. The maximum Gasteiger partial charge on any atom is 0.171 e. The maximum atomic E-state index is 17.2. The molecule has 7 rings (SSSR count). The highest BCUT2D eigenvalue weighted by molar-refractivity contribution is 5.83. The van der Waals surface area contributed by atoms with E-state index in [1.54, 1.807) is 0 Å². The summed E-state index contributed by atoms with van der Waals surface area (Å²) in [7, 11) is 3.64. The van der Waals surface area contributed by atoms with E-state index < -0.39 is 47.2 Å². The van der Waals surface area contributed by atoms with Gasteiger partial charge in [-0.15, -0.1) is 0 Å². The molecule has 9 atom stereocenters. The highest BCUT2D eigenvalue weighted by Gasteiger charge is 2.82. The second-order valence-electron chi connectivity index (χ2n) is 13.0. The number of aromatic nitrogens is 2. The maximum absolute atomic E-state index is 17.2. The smallest absolute Gasteiger partial charge is 0.171 e. The van der Waals surface area contributed by atoms with Crippen molar-refractivity contribution in [3.63, 3.8) is 0 Å². The lowest BCUT2D eigenvalue weighted by Crippen LogP contribution is -2.78. The van der Waals surface area contributed by atoms with Gasteiger partial charge in [0.05, 0.1) is 17.1 Å². The molecule has 1 aromatic heterocycles. The van der Waals surface area contributed by atoms with Gasteiger partial charge in [-0.25, -0.2) is 13.8 Å². The third-order valence-electron chi connectivity index (χ3n) is 11.2. The fraction of sp³-hybridized carbons (Fsp3) is 0.690. The summed E-state index contributed by atoms with van der Waals surface area (Å²) < 4.78 is 40.9. The quantitative estimate of drug-likeness (QED) is 0.560. The molecule has 5 aliphatic rings. The van der Waals surface area contributed by atoms with Gasteiger partial charge >= 0.3 is 0 Å². The molecule has 0 amide bonds. The van der Waals surface area contributed by atoms with Crippen LogP contribution in [0.15, 0.2) is 24.3 Å². The van der Waals surface area contributed by atoms with Gasteiger partial charge < -0.3 is 24.8 Å². The number of rotatable bonds is 2. The van der Waals surface area contributed by atoms with Crippen molar-refractivity contribution in [3.8, 4) is 0 Å². The predicted octanol–water partition coefficient (Wildman–Crippen LogP) is 4.24. The minimum absolute atomic E-state index is 0.126. The molecule has 200 valence electrons. The average molecular weight is 514 g/mol. The summed E-state index contributed by atoms with van der Waals surface area (Å²) in [5.41, 5.74) is -2.72. The molecule has 4 fully saturated rings. The van der Waals surface area contributed by atoms with E-state index in [0.29, 0.717) is 25.7 Å². The van der Waals surface area contributed by atoms with Crippen molar-refractivity contribution in [2.75, 3.05) is 14.1 Å². The summed E-state index contributed by atoms with van der Waals surface area (Å²) >= 11 is 0. The summed E-state index contributed by atoms with van der Waals surface area (Å²) in [6, 6.07) is 5.80. The summed E-state index contributed by atoms with van der Waals surface area (Å²) in [4.78, 5) is 9.67. The minimum Gasteiger partial charge on any atom is -0.389 e. The first-order valence-corrected chi connectivity index (χ1v) is 13.7.